The van der Waals surface area contributed by atoms with Crippen molar-refractivity contribution in [3.8, 4) is 0 Å². The maximum Gasteiger partial charge on any atom is 0.267 e. The third-order valence-electron chi connectivity index (χ3n) is 3.08. The molecule has 0 saturated heterocycles. The summed E-state index contributed by atoms with van der Waals surface area (Å²) in [5, 5.41) is 6.22. The minimum atomic E-state index is -0.513. The minimum absolute atomic E-state index is 0.0795. The molecule has 0 fully saturated rings. The third kappa shape index (κ3) is 4.74. The molecule has 4 nitrogen and oxygen atoms in total. The van der Waals surface area contributed by atoms with E-state index in [-0.39, 0.29) is 16.3 Å². The minimum Gasteiger partial charge on any atom is -0.354 e. The van der Waals surface area contributed by atoms with E-state index < -0.39 is 11.8 Å². The fraction of sp³-hybridized carbons (Fsp3) is 0.0588. The van der Waals surface area contributed by atoms with Crippen LogP contribution in [-0.4, -0.2) is 18.9 Å². The number of hydrogen-bond donors (Lipinski definition) is 2. The molecule has 2 aromatic carbocycles. The van der Waals surface area contributed by atoms with Gasteiger partial charge < -0.3 is 10.6 Å². The number of likely N-dealkylation sites (N-methyl/N-ethyl adjacent to an activating group) is 1. The van der Waals surface area contributed by atoms with Crippen LogP contribution in [0.15, 0.2) is 48.2 Å². The Morgan fingerprint density at radius 3 is 2.17 bits per heavy atom. The predicted molar refractivity (Wildman–Crippen MR) is 97.4 cm³/mol. The highest BCUT2D eigenvalue weighted by molar-refractivity contribution is 6.36. The van der Waals surface area contributed by atoms with Crippen LogP contribution in [0, 0.1) is 0 Å². The van der Waals surface area contributed by atoms with Gasteiger partial charge in [-0.1, -0.05) is 46.9 Å². The summed E-state index contributed by atoms with van der Waals surface area (Å²) in [6.07, 6.45) is 1.54. The Kier molecular flexibility index (Phi) is 6.26. The first-order valence-corrected chi connectivity index (χ1v) is 8.00. The van der Waals surface area contributed by atoms with E-state index in [0.717, 1.165) is 0 Å². The molecular weight excluding hydrogens is 371 g/mol. The van der Waals surface area contributed by atoms with Gasteiger partial charge in [0.15, 0.2) is 0 Å². The van der Waals surface area contributed by atoms with Crippen LogP contribution in [0.3, 0.4) is 0 Å². The number of carbonyl (C=O) groups excluding carboxylic acids is 2. The van der Waals surface area contributed by atoms with Gasteiger partial charge in [0, 0.05) is 17.1 Å². The first-order valence-electron chi connectivity index (χ1n) is 6.86. The molecule has 7 heteroatoms. The second-order valence-electron chi connectivity index (χ2n) is 4.77. The van der Waals surface area contributed by atoms with Crippen molar-refractivity contribution in [2.24, 2.45) is 0 Å². The lowest BCUT2D eigenvalue weighted by molar-refractivity contribution is -0.117. The van der Waals surface area contributed by atoms with E-state index in [1.165, 1.54) is 25.3 Å². The molecule has 2 amide bonds. The molecule has 2 rings (SSSR count). The molecule has 0 aliphatic heterocycles. The lowest BCUT2D eigenvalue weighted by atomic mass is 10.1. The zero-order valence-electron chi connectivity index (χ0n) is 12.6. The second kappa shape index (κ2) is 8.20. The largest absolute Gasteiger partial charge is 0.354 e. The highest BCUT2D eigenvalue weighted by Gasteiger charge is 2.16. The zero-order chi connectivity index (χ0) is 17.7. The van der Waals surface area contributed by atoms with E-state index in [1.807, 2.05) is 0 Å². The molecule has 0 heterocycles. The average molecular weight is 384 g/mol. The smallest absolute Gasteiger partial charge is 0.267 e. The van der Waals surface area contributed by atoms with Crippen molar-refractivity contribution < 1.29 is 9.59 Å². The van der Waals surface area contributed by atoms with Crippen molar-refractivity contribution in [2.45, 2.75) is 0 Å². The van der Waals surface area contributed by atoms with Gasteiger partial charge in [-0.2, -0.15) is 0 Å². The van der Waals surface area contributed by atoms with Crippen molar-refractivity contribution in [1.29, 1.82) is 0 Å². The predicted octanol–water partition coefficient (Wildman–Crippen LogP) is 4.16. The molecule has 0 aromatic heterocycles. The quantitative estimate of drug-likeness (QED) is 0.779. The molecule has 2 aromatic rings. The number of amides is 2. The summed E-state index contributed by atoms with van der Waals surface area (Å²) < 4.78 is 0. The van der Waals surface area contributed by atoms with Crippen molar-refractivity contribution in [2.75, 3.05) is 7.05 Å². The van der Waals surface area contributed by atoms with E-state index in [2.05, 4.69) is 10.6 Å². The van der Waals surface area contributed by atoms with Gasteiger partial charge in [0.2, 0.25) is 0 Å². The summed E-state index contributed by atoms with van der Waals surface area (Å²) in [5.74, 6) is -0.955. The molecule has 124 valence electrons. The van der Waals surface area contributed by atoms with Gasteiger partial charge in [0.05, 0.1) is 10.6 Å². The third-order valence-corrected chi connectivity index (χ3v) is 3.88. The Morgan fingerprint density at radius 2 is 1.58 bits per heavy atom. The summed E-state index contributed by atoms with van der Waals surface area (Å²) >= 11 is 17.7. The van der Waals surface area contributed by atoms with Gasteiger partial charge in [0.25, 0.3) is 11.8 Å². The van der Waals surface area contributed by atoms with Gasteiger partial charge in [-0.25, -0.2) is 0 Å². The van der Waals surface area contributed by atoms with Crippen LogP contribution in [0.5, 0.6) is 0 Å². The molecule has 24 heavy (non-hydrogen) atoms. The number of hydrogen-bond acceptors (Lipinski definition) is 2. The molecule has 2 N–H and O–H groups in total. The standard InChI is InChI=1S/C17H13Cl3N2O2/c1-21-17(24)15(8-10-2-4-11(18)5-3-10)22-16(23)13-7-6-12(19)9-14(13)20/h2-9H,1H3,(H,21,24)(H,22,23)/b15-8-. The Labute approximate surface area is 154 Å². The SMILES string of the molecule is CNC(=O)/C(=C/c1ccc(Cl)cc1)NC(=O)c1ccc(Cl)cc1Cl. The monoisotopic (exact) mass is 382 g/mol. The summed E-state index contributed by atoms with van der Waals surface area (Å²) in [5.41, 5.74) is 1.00. The molecule has 0 spiro atoms. The van der Waals surface area contributed by atoms with Gasteiger partial charge in [-0.15, -0.1) is 0 Å². The molecule has 0 saturated carbocycles. The highest BCUT2D eigenvalue weighted by Crippen LogP contribution is 2.21. The van der Waals surface area contributed by atoms with Gasteiger partial charge in [0.1, 0.15) is 5.70 Å². The van der Waals surface area contributed by atoms with Crippen molar-refractivity contribution >= 4 is 52.7 Å². The van der Waals surface area contributed by atoms with E-state index in [4.69, 9.17) is 34.8 Å². The summed E-state index contributed by atoms with van der Waals surface area (Å²) in [7, 11) is 1.47. The Hall–Kier alpha value is -2.01. The topological polar surface area (TPSA) is 58.2 Å². The second-order valence-corrected chi connectivity index (χ2v) is 6.05. The maximum atomic E-state index is 12.4. The Bertz CT molecular complexity index is 802. The number of nitrogens with one attached hydrogen (secondary N) is 2. The van der Waals surface area contributed by atoms with E-state index in [0.29, 0.717) is 15.6 Å². The average Bonchev–Trinajstić information content (AvgIpc) is 2.55. The van der Waals surface area contributed by atoms with Crippen LogP contribution in [0.4, 0.5) is 0 Å². The summed E-state index contributed by atoms with van der Waals surface area (Å²) in [6.45, 7) is 0. The van der Waals surface area contributed by atoms with Crippen LogP contribution < -0.4 is 10.6 Å². The zero-order valence-corrected chi connectivity index (χ0v) is 14.8. The van der Waals surface area contributed by atoms with Crippen LogP contribution in [0.25, 0.3) is 6.08 Å². The number of halogens is 3. The summed E-state index contributed by atoms with van der Waals surface area (Å²) in [6, 6.07) is 11.3. The van der Waals surface area contributed by atoms with Crippen LogP contribution in [0.2, 0.25) is 15.1 Å². The number of rotatable bonds is 4. The molecular formula is C17H13Cl3N2O2. The van der Waals surface area contributed by atoms with Crippen LogP contribution in [0.1, 0.15) is 15.9 Å². The van der Waals surface area contributed by atoms with Crippen LogP contribution >= 0.6 is 34.8 Å². The number of carbonyl (C=O) groups is 2. The van der Waals surface area contributed by atoms with E-state index in [9.17, 15) is 9.59 Å². The highest BCUT2D eigenvalue weighted by atomic mass is 35.5. The summed E-state index contributed by atoms with van der Waals surface area (Å²) in [4.78, 5) is 24.4. The van der Waals surface area contributed by atoms with Gasteiger partial charge in [-0.05, 0) is 42.0 Å². The Balaban J connectivity index is 2.30. The lowest BCUT2D eigenvalue weighted by Gasteiger charge is -2.10. The fourth-order valence-corrected chi connectivity index (χ4v) is 2.50. The molecule has 0 bridgehead atoms. The van der Waals surface area contributed by atoms with Crippen molar-refractivity contribution in [3.05, 3.63) is 74.4 Å². The molecule has 0 atom stereocenters. The van der Waals surface area contributed by atoms with Gasteiger partial charge in [-0.3, -0.25) is 9.59 Å². The van der Waals surface area contributed by atoms with Crippen molar-refractivity contribution in [3.63, 3.8) is 0 Å². The molecule has 0 radical (unpaired) electrons. The normalized spacial score (nSPS) is 11.1. The van der Waals surface area contributed by atoms with Crippen LogP contribution in [-0.2, 0) is 4.79 Å². The molecule has 0 aliphatic carbocycles. The first kappa shape index (κ1) is 18.3. The number of benzene rings is 2. The Morgan fingerprint density at radius 1 is 0.958 bits per heavy atom. The molecule has 0 aliphatic rings. The van der Waals surface area contributed by atoms with Crippen molar-refractivity contribution in [1.82, 2.24) is 10.6 Å². The maximum absolute atomic E-state index is 12.4. The molecule has 0 unspecified atom stereocenters. The van der Waals surface area contributed by atoms with E-state index in [1.54, 1.807) is 30.3 Å². The van der Waals surface area contributed by atoms with E-state index >= 15 is 0 Å². The lowest BCUT2D eigenvalue weighted by Crippen LogP contribution is -2.33. The fourth-order valence-electron chi connectivity index (χ4n) is 1.88. The van der Waals surface area contributed by atoms with Gasteiger partial charge >= 0.3 is 0 Å². The first-order chi connectivity index (χ1) is 11.4.